The SMILES string of the molecule is Cc1ccc(C)n1-c1ccc(Cl)c(C(=O)Nc2ccccc2I)c1. The van der Waals surface area contributed by atoms with Crippen molar-refractivity contribution < 1.29 is 4.79 Å². The quantitative estimate of drug-likeness (QED) is 0.518. The van der Waals surface area contributed by atoms with Gasteiger partial charge in [0, 0.05) is 20.6 Å². The molecule has 0 aliphatic carbocycles. The van der Waals surface area contributed by atoms with Crippen molar-refractivity contribution in [2.75, 3.05) is 5.32 Å². The highest BCUT2D eigenvalue weighted by Gasteiger charge is 2.14. The predicted octanol–water partition coefficient (Wildman–Crippen LogP) is 5.60. The van der Waals surface area contributed by atoms with Gasteiger partial charge in [0.05, 0.1) is 16.3 Å². The van der Waals surface area contributed by atoms with Gasteiger partial charge in [-0.25, -0.2) is 0 Å². The molecule has 3 nitrogen and oxygen atoms in total. The number of hydrogen-bond donors (Lipinski definition) is 1. The van der Waals surface area contributed by atoms with Gasteiger partial charge < -0.3 is 9.88 Å². The van der Waals surface area contributed by atoms with Crippen molar-refractivity contribution >= 4 is 45.8 Å². The fourth-order valence-electron chi connectivity index (χ4n) is 2.65. The summed E-state index contributed by atoms with van der Waals surface area (Å²) < 4.78 is 3.08. The zero-order chi connectivity index (χ0) is 17.3. The number of hydrogen-bond acceptors (Lipinski definition) is 1. The largest absolute Gasteiger partial charge is 0.321 e. The molecule has 3 aromatic rings. The Bertz CT molecular complexity index is 898. The Morgan fingerprint density at radius 2 is 1.71 bits per heavy atom. The molecule has 0 bridgehead atoms. The molecule has 1 amide bonds. The Morgan fingerprint density at radius 1 is 1.04 bits per heavy atom. The number of halogens is 2. The average Bonchev–Trinajstić information content (AvgIpc) is 2.89. The van der Waals surface area contributed by atoms with E-state index in [1.165, 1.54) is 0 Å². The highest BCUT2D eigenvalue weighted by atomic mass is 127. The van der Waals surface area contributed by atoms with Crippen molar-refractivity contribution in [3.8, 4) is 5.69 Å². The van der Waals surface area contributed by atoms with Gasteiger partial charge in [0.2, 0.25) is 0 Å². The number of anilines is 1. The topological polar surface area (TPSA) is 34.0 Å². The van der Waals surface area contributed by atoms with Gasteiger partial charge >= 0.3 is 0 Å². The predicted molar refractivity (Wildman–Crippen MR) is 107 cm³/mol. The lowest BCUT2D eigenvalue weighted by Crippen LogP contribution is -2.14. The molecule has 2 aromatic carbocycles. The highest BCUT2D eigenvalue weighted by Crippen LogP contribution is 2.25. The first kappa shape index (κ1) is 17.0. The van der Waals surface area contributed by atoms with Crippen molar-refractivity contribution in [1.29, 1.82) is 0 Å². The number of nitrogens with one attached hydrogen (secondary N) is 1. The average molecular weight is 451 g/mol. The minimum absolute atomic E-state index is 0.214. The Kier molecular flexibility index (Phi) is 4.96. The summed E-state index contributed by atoms with van der Waals surface area (Å²) in [6, 6.07) is 17.3. The van der Waals surface area contributed by atoms with Crippen LogP contribution in [0.1, 0.15) is 21.7 Å². The molecule has 122 valence electrons. The molecule has 0 saturated heterocycles. The van der Waals surface area contributed by atoms with E-state index in [0.717, 1.165) is 26.3 Å². The third-order valence-electron chi connectivity index (χ3n) is 3.85. The molecule has 0 fully saturated rings. The van der Waals surface area contributed by atoms with Gasteiger partial charge in [-0.3, -0.25) is 4.79 Å². The molecule has 1 N–H and O–H groups in total. The second-order valence-corrected chi connectivity index (χ2v) is 7.12. The molecule has 0 aliphatic rings. The maximum Gasteiger partial charge on any atom is 0.257 e. The molecule has 0 atom stereocenters. The van der Waals surface area contributed by atoms with Crippen LogP contribution in [0, 0.1) is 17.4 Å². The molecular weight excluding hydrogens is 435 g/mol. The maximum absolute atomic E-state index is 12.7. The van der Waals surface area contributed by atoms with Crippen LogP contribution in [-0.4, -0.2) is 10.5 Å². The lowest BCUT2D eigenvalue weighted by Gasteiger charge is -2.13. The Balaban J connectivity index is 1.98. The summed E-state index contributed by atoms with van der Waals surface area (Å²) in [5, 5.41) is 3.36. The first-order valence-corrected chi connectivity index (χ1v) is 8.94. The van der Waals surface area contributed by atoms with Gasteiger partial charge in [-0.1, -0.05) is 23.7 Å². The summed E-state index contributed by atoms with van der Waals surface area (Å²) >= 11 is 8.46. The van der Waals surface area contributed by atoms with Gasteiger partial charge in [0.25, 0.3) is 5.91 Å². The summed E-state index contributed by atoms with van der Waals surface area (Å²) in [6.45, 7) is 4.07. The lowest BCUT2D eigenvalue weighted by molar-refractivity contribution is 0.102. The lowest BCUT2D eigenvalue weighted by atomic mass is 10.1. The molecule has 24 heavy (non-hydrogen) atoms. The highest BCUT2D eigenvalue weighted by molar-refractivity contribution is 14.1. The first-order valence-electron chi connectivity index (χ1n) is 7.48. The molecular formula is C19H16ClIN2O. The Morgan fingerprint density at radius 3 is 2.38 bits per heavy atom. The van der Waals surface area contributed by atoms with E-state index in [9.17, 15) is 4.79 Å². The second-order valence-electron chi connectivity index (χ2n) is 5.55. The second kappa shape index (κ2) is 6.99. The molecule has 1 aromatic heterocycles. The number of rotatable bonds is 3. The van der Waals surface area contributed by atoms with Crippen molar-refractivity contribution in [2.24, 2.45) is 0 Å². The van der Waals surface area contributed by atoms with Gasteiger partial charge in [0.1, 0.15) is 0 Å². The maximum atomic E-state index is 12.7. The number of para-hydroxylation sites is 1. The van der Waals surface area contributed by atoms with E-state index in [1.54, 1.807) is 6.07 Å². The van der Waals surface area contributed by atoms with Crippen LogP contribution >= 0.6 is 34.2 Å². The van der Waals surface area contributed by atoms with Crippen molar-refractivity contribution in [1.82, 2.24) is 4.57 Å². The van der Waals surface area contributed by atoms with Crippen LogP contribution in [0.25, 0.3) is 5.69 Å². The Labute approximate surface area is 159 Å². The van der Waals surface area contributed by atoms with E-state index in [2.05, 4.69) is 44.6 Å². The molecule has 0 radical (unpaired) electrons. The molecule has 5 heteroatoms. The molecule has 0 unspecified atom stereocenters. The van der Waals surface area contributed by atoms with Crippen molar-refractivity contribution in [3.63, 3.8) is 0 Å². The zero-order valence-corrected chi connectivity index (χ0v) is 16.2. The van der Waals surface area contributed by atoms with Crippen LogP contribution in [0.2, 0.25) is 5.02 Å². The fourth-order valence-corrected chi connectivity index (χ4v) is 3.38. The van der Waals surface area contributed by atoms with Crippen LogP contribution in [-0.2, 0) is 0 Å². The van der Waals surface area contributed by atoms with Crippen molar-refractivity contribution in [3.05, 3.63) is 80.1 Å². The van der Waals surface area contributed by atoms with E-state index in [1.807, 2.05) is 50.2 Å². The number of carbonyl (C=O) groups excluding carboxylic acids is 1. The van der Waals surface area contributed by atoms with Crippen LogP contribution in [0.3, 0.4) is 0 Å². The van der Waals surface area contributed by atoms with Crippen LogP contribution < -0.4 is 5.32 Å². The van der Waals surface area contributed by atoms with E-state index in [0.29, 0.717) is 10.6 Å². The number of carbonyl (C=O) groups is 1. The fraction of sp³-hybridized carbons (Fsp3) is 0.105. The standard InChI is InChI=1S/C19H16ClIN2O/c1-12-7-8-13(2)23(12)14-9-10-16(20)15(11-14)19(24)22-18-6-4-3-5-17(18)21/h3-11H,1-2H3,(H,22,24). The first-order chi connectivity index (χ1) is 11.5. The van der Waals surface area contributed by atoms with Crippen molar-refractivity contribution in [2.45, 2.75) is 13.8 Å². The number of aryl methyl sites for hydroxylation is 2. The summed E-state index contributed by atoms with van der Waals surface area (Å²) in [5.74, 6) is -0.214. The summed E-state index contributed by atoms with van der Waals surface area (Å²) in [5.41, 5.74) is 4.38. The smallest absolute Gasteiger partial charge is 0.257 e. The number of nitrogens with zero attached hydrogens (tertiary/aromatic N) is 1. The summed E-state index contributed by atoms with van der Waals surface area (Å²) in [7, 11) is 0. The monoisotopic (exact) mass is 450 g/mol. The number of benzene rings is 2. The van der Waals surface area contributed by atoms with E-state index < -0.39 is 0 Å². The van der Waals surface area contributed by atoms with Gasteiger partial charge in [-0.05, 0) is 78.9 Å². The van der Waals surface area contributed by atoms with E-state index in [-0.39, 0.29) is 5.91 Å². The zero-order valence-electron chi connectivity index (χ0n) is 13.3. The molecule has 0 spiro atoms. The van der Waals surface area contributed by atoms with Gasteiger partial charge in [-0.15, -0.1) is 0 Å². The van der Waals surface area contributed by atoms with Crippen LogP contribution in [0.15, 0.2) is 54.6 Å². The molecule has 0 aliphatic heterocycles. The van der Waals surface area contributed by atoms with Gasteiger partial charge in [-0.2, -0.15) is 0 Å². The van der Waals surface area contributed by atoms with Crippen LogP contribution in [0.4, 0.5) is 5.69 Å². The Hall–Kier alpha value is -1.79. The van der Waals surface area contributed by atoms with Crippen LogP contribution in [0.5, 0.6) is 0 Å². The minimum Gasteiger partial charge on any atom is -0.321 e. The third kappa shape index (κ3) is 3.35. The summed E-state index contributed by atoms with van der Waals surface area (Å²) in [6.07, 6.45) is 0. The summed E-state index contributed by atoms with van der Waals surface area (Å²) in [4.78, 5) is 12.7. The minimum atomic E-state index is -0.214. The third-order valence-corrected chi connectivity index (χ3v) is 5.12. The molecule has 3 rings (SSSR count). The number of amides is 1. The number of aromatic nitrogens is 1. The normalized spacial score (nSPS) is 10.7. The van der Waals surface area contributed by atoms with E-state index >= 15 is 0 Å². The molecule has 0 saturated carbocycles. The van der Waals surface area contributed by atoms with Gasteiger partial charge in [0.15, 0.2) is 0 Å². The molecule has 1 heterocycles. The van der Waals surface area contributed by atoms with E-state index in [4.69, 9.17) is 11.6 Å².